The lowest BCUT2D eigenvalue weighted by molar-refractivity contribution is -0.149. The van der Waals surface area contributed by atoms with E-state index in [0.29, 0.717) is 5.75 Å². The van der Waals surface area contributed by atoms with E-state index in [-0.39, 0.29) is 57.4 Å². The van der Waals surface area contributed by atoms with Crippen LogP contribution in [0, 0.1) is 5.41 Å². The smallest absolute Gasteiger partial charge is 0.466 e. The summed E-state index contributed by atoms with van der Waals surface area (Å²) in [7, 11) is -4.03. The van der Waals surface area contributed by atoms with Crippen molar-refractivity contribution in [2.24, 2.45) is 5.41 Å². The number of carbonyl (C=O) groups is 4. The van der Waals surface area contributed by atoms with Crippen LogP contribution < -0.4 is 15.2 Å². The van der Waals surface area contributed by atoms with Crippen molar-refractivity contribution in [1.82, 2.24) is 10.6 Å². The van der Waals surface area contributed by atoms with Crippen LogP contribution in [-0.2, 0) is 42.3 Å². The van der Waals surface area contributed by atoms with Crippen LogP contribution in [0.5, 0.6) is 5.75 Å². The van der Waals surface area contributed by atoms with Gasteiger partial charge in [-0.3, -0.25) is 28.2 Å². The first-order valence-electron chi connectivity index (χ1n) is 12.7. The fourth-order valence-electron chi connectivity index (χ4n) is 3.37. The summed E-state index contributed by atoms with van der Waals surface area (Å²) in [6.07, 6.45) is -1.26. The first-order valence-corrected chi connectivity index (χ1v) is 15.2. The zero-order chi connectivity index (χ0) is 28.9. The molecule has 1 aromatic rings. The quantitative estimate of drug-likeness (QED) is 0.176. The van der Waals surface area contributed by atoms with Crippen LogP contribution in [-0.4, -0.2) is 73.8 Å². The summed E-state index contributed by atoms with van der Waals surface area (Å²) in [4.78, 5) is 48.9. The molecular formula is C25H37N2O10PS. The molecule has 12 nitrogen and oxygen atoms in total. The largest absolute Gasteiger partial charge is 0.530 e. The molecule has 1 heterocycles. The summed E-state index contributed by atoms with van der Waals surface area (Å²) in [5.41, 5.74) is -0.795. The zero-order valence-corrected chi connectivity index (χ0v) is 24.3. The van der Waals surface area contributed by atoms with Crippen molar-refractivity contribution >= 4 is 43.3 Å². The van der Waals surface area contributed by atoms with Crippen LogP contribution in [0.25, 0.3) is 0 Å². The van der Waals surface area contributed by atoms with Gasteiger partial charge in [0.05, 0.1) is 26.2 Å². The molecule has 0 aliphatic carbocycles. The molecule has 2 amide bonds. The van der Waals surface area contributed by atoms with Gasteiger partial charge in [-0.2, -0.15) is 0 Å². The Bertz CT molecular complexity index is 1020. The van der Waals surface area contributed by atoms with E-state index in [1.54, 1.807) is 58.0 Å². The molecule has 1 aromatic carbocycles. The second-order valence-corrected chi connectivity index (χ2v) is 12.0. The maximum absolute atomic E-state index is 13.0. The number of carbonyl (C=O) groups excluding carboxylic acids is 4. The minimum atomic E-state index is -4.03. The van der Waals surface area contributed by atoms with Crippen LogP contribution in [0.15, 0.2) is 30.3 Å². The normalized spacial score (nSPS) is 20.8. The van der Waals surface area contributed by atoms with Gasteiger partial charge in [0.25, 0.3) is 5.91 Å². The Hall–Kier alpha value is -2.60. The highest BCUT2D eigenvalue weighted by molar-refractivity contribution is 8.00. The van der Waals surface area contributed by atoms with Gasteiger partial charge in [-0.25, -0.2) is 4.57 Å². The van der Waals surface area contributed by atoms with E-state index in [1.807, 2.05) is 0 Å². The van der Waals surface area contributed by atoms with Crippen molar-refractivity contribution in [3.8, 4) is 5.75 Å². The van der Waals surface area contributed by atoms with Gasteiger partial charge in [-0.1, -0.05) is 32.0 Å². The van der Waals surface area contributed by atoms with Gasteiger partial charge >= 0.3 is 19.8 Å². The summed E-state index contributed by atoms with van der Waals surface area (Å²) in [5, 5.41) is 4.61. The molecule has 3 atom stereocenters. The number of hydrogen-bond donors (Lipinski definition) is 2. The van der Waals surface area contributed by atoms with Gasteiger partial charge < -0.3 is 24.6 Å². The molecule has 1 aliphatic rings. The highest BCUT2D eigenvalue weighted by Gasteiger charge is 2.49. The number of hydrogen-bond acceptors (Lipinski definition) is 11. The molecule has 1 fully saturated rings. The number of amides is 2. The topological polar surface area (TPSA) is 156 Å². The lowest BCUT2D eigenvalue weighted by Crippen LogP contribution is -2.50. The van der Waals surface area contributed by atoms with Crippen molar-refractivity contribution in [3.63, 3.8) is 0 Å². The van der Waals surface area contributed by atoms with Gasteiger partial charge in [0.15, 0.2) is 6.10 Å². The monoisotopic (exact) mass is 588 g/mol. The van der Waals surface area contributed by atoms with Crippen LogP contribution >= 0.6 is 19.6 Å². The Morgan fingerprint density at radius 2 is 1.77 bits per heavy atom. The molecule has 0 aromatic heterocycles. The highest BCUT2D eigenvalue weighted by Crippen LogP contribution is 2.56. The Morgan fingerprint density at radius 3 is 2.44 bits per heavy atom. The van der Waals surface area contributed by atoms with Crippen molar-refractivity contribution < 1.29 is 46.8 Å². The van der Waals surface area contributed by atoms with Gasteiger partial charge in [-0.15, -0.1) is 11.8 Å². The van der Waals surface area contributed by atoms with E-state index in [2.05, 4.69) is 10.6 Å². The molecule has 2 N–H and O–H groups in total. The molecule has 14 heteroatoms. The first-order chi connectivity index (χ1) is 18.5. The Labute approximate surface area is 232 Å². The third-order valence-corrected chi connectivity index (χ3v) is 7.89. The Kier molecular flexibility index (Phi) is 13.3. The van der Waals surface area contributed by atoms with Crippen LogP contribution in [0.4, 0.5) is 0 Å². The number of ether oxygens (including phenoxy) is 2. The van der Waals surface area contributed by atoms with Gasteiger partial charge in [-0.05, 0) is 26.0 Å². The average Bonchev–Trinajstić information content (AvgIpc) is 2.88. The third-order valence-electron chi connectivity index (χ3n) is 5.34. The van der Waals surface area contributed by atoms with E-state index >= 15 is 0 Å². The van der Waals surface area contributed by atoms with E-state index in [1.165, 1.54) is 11.8 Å². The summed E-state index contributed by atoms with van der Waals surface area (Å²) >= 11 is 1.19. The molecule has 218 valence electrons. The molecule has 2 rings (SSSR count). The molecule has 1 aliphatic heterocycles. The summed E-state index contributed by atoms with van der Waals surface area (Å²) in [6.45, 7) is 7.46. The molecule has 39 heavy (non-hydrogen) atoms. The molecule has 1 saturated heterocycles. The molecule has 0 radical (unpaired) electrons. The number of phosphoric ester groups is 1. The fraction of sp³-hybridized carbons (Fsp3) is 0.600. The van der Waals surface area contributed by atoms with E-state index in [0.717, 1.165) is 0 Å². The van der Waals surface area contributed by atoms with E-state index in [4.69, 9.17) is 23.0 Å². The van der Waals surface area contributed by atoms with E-state index in [9.17, 15) is 23.7 Å². The predicted molar refractivity (Wildman–Crippen MR) is 144 cm³/mol. The molecule has 0 spiro atoms. The molecule has 0 saturated carbocycles. The predicted octanol–water partition coefficient (Wildman–Crippen LogP) is 2.86. The molecule has 0 bridgehead atoms. The maximum Gasteiger partial charge on any atom is 0.530 e. The molecule has 2 unspecified atom stereocenters. The van der Waals surface area contributed by atoms with Crippen LogP contribution in [0.3, 0.4) is 0 Å². The Balaban J connectivity index is 1.77. The lowest BCUT2D eigenvalue weighted by Gasteiger charge is -2.39. The van der Waals surface area contributed by atoms with Gasteiger partial charge in [0.1, 0.15) is 11.0 Å². The van der Waals surface area contributed by atoms with Gasteiger partial charge in [0.2, 0.25) is 5.91 Å². The van der Waals surface area contributed by atoms with Crippen LogP contribution in [0.1, 0.15) is 40.5 Å². The Morgan fingerprint density at radius 1 is 1.08 bits per heavy atom. The number of thioether (sulfide) groups is 1. The number of para-hydroxylation sites is 1. The SMILES string of the molecule is CCOC(=O)CC(SCCNC(=O)CCNC(=O)[C@@H]1OP(=O)(Oc2ccccc2)OCC1(C)C)C(=O)OCC. The van der Waals surface area contributed by atoms with Crippen molar-refractivity contribution in [2.45, 2.75) is 51.9 Å². The maximum atomic E-state index is 13.0. The van der Waals surface area contributed by atoms with E-state index < -0.39 is 42.4 Å². The summed E-state index contributed by atoms with van der Waals surface area (Å²) in [6, 6.07) is 8.36. The van der Waals surface area contributed by atoms with Crippen LogP contribution in [0.2, 0.25) is 0 Å². The van der Waals surface area contributed by atoms with Gasteiger partial charge in [0, 0.05) is 30.7 Å². The average molecular weight is 589 g/mol. The number of nitrogens with one attached hydrogen (secondary N) is 2. The number of benzene rings is 1. The third kappa shape index (κ3) is 11.2. The zero-order valence-electron chi connectivity index (χ0n) is 22.6. The second kappa shape index (κ2) is 15.9. The minimum Gasteiger partial charge on any atom is -0.466 e. The standard InChI is InChI=1S/C25H37N2O10PS/c1-5-33-21(29)16-19(24(31)34-6-2)39-15-14-26-20(28)12-13-27-23(30)22-25(3,4)17-35-38(32,37-22)36-18-10-8-7-9-11-18/h7-11,19,22H,5-6,12-17H2,1-4H3,(H,26,28)(H,27,30)/t19?,22-,38?/m0/s1. The molecular weight excluding hydrogens is 551 g/mol. The highest BCUT2D eigenvalue weighted by atomic mass is 32.2. The fourth-order valence-corrected chi connectivity index (χ4v) is 6.00. The van der Waals surface area contributed by atoms with Crippen molar-refractivity contribution in [3.05, 3.63) is 30.3 Å². The number of rotatable bonds is 15. The first kappa shape index (κ1) is 32.6. The lowest BCUT2D eigenvalue weighted by atomic mass is 9.87. The number of phosphoric acid groups is 1. The number of esters is 2. The van der Waals surface area contributed by atoms with Crippen molar-refractivity contribution in [2.75, 3.05) is 38.7 Å². The second-order valence-electron chi connectivity index (χ2n) is 9.11. The van der Waals surface area contributed by atoms with Crippen molar-refractivity contribution in [1.29, 1.82) is 0 Å². The minimum absolute atomic E-state index is 0.0115. The summed E-state index contributed by atoms with van der Waals surface area (Å²) < 4.78 is 39.2. The summed E-state index contributed by atoms with van der Waals surface area (Å²) in [5.74, 6) is -1.23.